The number of aliphatic imine (C=N–C) groups is 1. The van der Waals surface area contributed by atoms with Crippen LogP contribution >= 0.6 is 24.0 Å². The van der Waals surface area contributed by atoms with Gasteiger partial charge < -0.3 is 10.2 Å². The fourth-order valence-corrected chi connectivity index (χ4v) is 3.13. The maximum atomic E-state index is 4.45. The molecule has 5 heteroatoms. The first-order valence-corrected chi connectivity index (χ1v) is 8.87. The van der Waals surface area contributed by atoms with Crippen LogP contribution in [0, 0.1) is 6.92 Å². The van der Waals surface area contributed by atoms with Crippen molar-refractivity contribution in [2.75, 3.05) is 20.1 Å². The molecular weight excluding hydrogens is 435 g/mol. The van der Waals surface area contributed by atoms with Crippen LogP contribution in [0.5, 0.6) is 0 Å². The number of aryl methyl sites for hydroxylation is 1. The molecule has 1 aliphatic heterocycles. The van der Waals surface area contributed by atoms with E-state index in [1.807, 2.05) is 19.3 Å². The lowest BCUT2D eigenvalue weighted by Gasteiger charge is -2.31. The van der Waals surface area contributed by atoms with Crippen LogP contribution in [-0.4, -0.2) is 36.0 Å². The number of guanidine groups is 1. The van der Waals surface area contributed by atoms with E-state index in [2.05, 4.69) is 69.6 Å². The van der Waals surface area contributed by atoms with Gasteiger partial charge in [-0.25, -0.2) is 0 Å². The molecule has 2 heterocycles. The highest BCUT2D eigenvalue weighted by Crippen LogP contribution is 2.19. The van der Waals surface area contributed by atoms with Gasteiger partial charge in [0.2, 0.25) is 0 Å². The summed E-state index contributed by atoms with van der Waals surface area (Å²) >= 11 is 0. The second-order valence-corrected chi connectivity index (χ2v) is 6.37. The Bertz CT molecular complexity index is 746. The maximum absolute atomic E-state index is 4.45. The summed E-state index contributed by atoms with van der Waals surface area (Å²) in [6.07, 6.45) is 6.33. The molecule has 3 rings (SSSR count). The van der Waals surface area contributed by atoms with Gasteiger partial charge in [0.25, 0.3) is 0 Å². The van der Waals surface area contributed by atoms with E-state index in [4.69, 9.17) is 0 Å². The molecule has 138 valence electrons. The lowest BCUT2D eigenvalue weighted by Crippen LogP contribution is -2.44. The average molecular weight is 462 g/mol. The van der Waals surface area contributed by atoms with Gasteiger partial charge in [-0.15, -0.1) is 24.0 Å². The molecule has 0 radical (unpaired) electrons. The van der Waals surface area contributed by atoms with Crippen LogP contribution in [0.1, 0.15) is 29.7 Å². The van der Waals surface area contributed by atoms with Crippen molar-refractivity contribution in [1.29, 1.82) is 0 Å². The predicted octanol–water partition coefficient (Wildman–Crippen LogP) is 4.26. The highest BCUT2D eigenvalue weighted by molar-refractivity contribution is 14.0. The molecule has 1 N–H and O–H groups in total. The van der Waals surface area contributed by atoms with Gasteiger partial charge in [0.05, 0.1) is 12.2 Å². The van der Waals surface area contributed by atoms with Crippen molar-refractivity contribution in [3.63, 3.8) is 0 Å². The van der Waals surface area contributed by atoms with Crippen molar-refractivity contribution in [3.8, 4) is 0 Å². The first kappa shape index (κ1) is 20.4. The first-order chi connectivity index (χ1) is 12.3. The molecule has 1 aromatic carbocycles. The fraction of sp³-hybridized carbons (Fsp3) is 0.333. The van der Waals surface area contributed by atoms with Crippen molar-refractivity contribution in [3.05, 3.63) is 71.1 Å². The molecule has 0 aliphatic carbocycles. The van der Waals surface area contributed by atoms with E-state index in [9.17, 15) is 0 Å². The van der Waals surface area contributed by atoms with Crippen LogP contribution in [-0.2, 0) is 6.54 Å². The quantitative estimate of drug-likeness (QED) is 0.421. The molecule has 4 nitrogen and oxygen atoms in total. The topological polar surface area (TPSA) is 40.5 Å². The van der Waals surface area contributed by atoms with Gasteiger partial charge in [0.1, 0.15) is 0 Å². The Labute approximate surface area is 173 Å². The third-order valence-corrected chi connectivity index (χ3v) is 4.62. The summed E-state index contributed by atoms with van der Waals surface area (Å²) < 4.78 is 0. The minimum Gasteiger partial charge on any atom is -0.351 e. The van der Waals surface area contributed by atoms with Crippen molar-refractivity contribution in [2.24, 2.45) is 4.99 Å². The van der Waals surface area contributed by atoms with E-state index in [1.54, 1.807) is 0 Å². The zero-order valence-corrected chi connectivity index (χ0v) is 17.8. The molecule has 1 aromatic heterocycles. The van der Waals surface area contributed by atoms with Gasteiger partial charge in [-0.05, 0) is 37.0 Å². The summed E-state index contributed by atoms with van der Waals surface area (Å²) in [6.45, 7) is 4.80. The average Bonchev–Trinajstić information content (AvgIpc) is 2.66. The van der Waals surface area contributed by atoms with Crippen molar-refractivity contribution in [1.82, 2.24) is 15.2 Å². The Kier molecular flexibility index (Phi) is 8.09. The summed E-state index contributed by atoms with van der Waals surface area (Å²) in [7, 11) is 1.85. The molecule has 2 aromatic rings. The first-order valence-electron chi connectivity index (χ1n) is 8.87. The van der Waals surface area contributed by atoms with Gasteiger partial charge in [0.15, 0.2) is 5.96 Å². The Morgan fingerprint density at radius 2 is 1.88 bits per heavy atom. The summed E-state index contributed by atoms with van der Waals surface area (Å²) in [5.74, 6) is 0.962. The van der Waals surface area contributed by atoms with E-state index < -0.39 is 0 Å². The number of piperidine rings is 1. The molecule has 0 atom stereocenters. The van der Waals surface area contributed by atoms with E-state index in [0.29, 0.717) is 6.54 Å². The van der Waals surface area contributed by atoms with Crippen molar-refractivity contribution < 1.29 is 0 Å². The molecular formula is C21H27IN4. The van der Waals surface area contributed by atoms with Crippen LogP contribution < -0.4 is 5.32 Å². The highest BCUT2D eigenvalue weighted by atomic mass is 127. The van der Waals surface area contributed by atoms with E-state index in [0.717, 1.165) is 37.6 Å². The monoisotopic (exact) mass is 462 g/mol. The number of nitrogens with one attached hydrogen (secondary N) is 1. The second kappa shape index (κ2) is 10.3. The lowest BCUT2D eigenvalue weighted by atomic mass is 10.0. The van der Waals surface area contributed by atoms with Crippen LogP contribution in [0.4, 0.5) is 0 Å². The zero-order chi connectivity index (χ0) is 17.5. The lowest BCUT2D eigenvalue weighted by molar-refractivity contribution is 0.375. The summed E-state index contributed by atoms with van der Waals surface area (Å²) in [6, 6.07) is 14.6. The standard InChI is InChI=1S/C21H26N4.HI/c1-17-7-6-12-23-20(17)16-24-21(22-2)25-13-10-19(11-14-25)15-18-8-4-3-5-9-18;/h3-9,12,15H,10-11,13-14,16H2,1-2H3,(H,22,24);1H. The van der Waals surface area contributed by atoms with Crippen LogP contribution in [0.3, 0.4) is 0 Å². The molecule has 0 amide bonds. The predicted molar refractivity (Wildman–Crippen MR) is 120 cm³/mol. The minimum atomic E-state index is 0. The number of hydrogen-bond acceptors (Lipinski definition) is 2. The SMILES string of the molecule is CN=C(NCc1ncccc1C)N1CCC(=Cc2ccccc2)CC1.I. The molecule has 26 heavy (non-hydrogen) atoms. The molecule has 1 aliphatic rings. The molecule has 0 bridgehead atoms. The fourth-order valence-electron chi connectivity index (χ4n) is 3.13. The van der Waals surface area contributed by atoms with E-state index >= 15 is 0 Å². The smallest absolute Gasteiger partial charge is 0.193 e. The minimum absolute atomic E-state index is 0. The molecule has 0 saturated carbocycles. The number of halogens is 1. The number of aromatic nitrogens is 1. The number of rotatable bonds is 3. The van der Waals surface area contributed by atoms with Crippen molar-refractivity contribution >= 4 is 36.0 Å². The summed E-state index contributed by atoms with van der Waals surface area (Å²) in [4.78, 5) is 11.2. The van der Waals surface area contributed by atoms with E-state index in [1.165, 1.54) is 16.7 Å². The summed E-state index contributed by atoms with van der Waals surface area (Å²) in [5, 5.41) is 3.45. The molecule has 0 unspecified atom stereocenters. The van der Waals surface area contributed by atoms with Gasteiger partial charge in [-0.1, -0.05) is 48.0 Å². The highest BCUT2D eigenvalue weighted by Gasteiger charge is 2.17. The van der Waals surface area contributed by atoms with Crippen LogP contribution in [0.25, 0.3) is 6.08 Å². The Morgan fingerprint density at radius 3 is 2.54 bits per heavy atom. The molecule has 0 spiro atoms. The number of likely N-dealkylation sites (tertiary alicyclic amines) is 1. The third-order valence-electron chi connectivity index (χ3n) is 4.62. The molecule has 1 saturated heterocycles. The Morgan fingerprint density at radius 1 is 1.15 bits per heavy atom. The number of nitrogens with zero attached hydrogens (tertiary/aromatic N) is 3. The second-order valence-electron chi connectivity index (χ2n) is 6.37. The number of hydrogen-bond donors (Lipinski definition) is 1. The number of pyridine rings is 1. The normalized spacial score (nSPS) is 14.6. The largest absolute Gasteiger partial charge is 0.351 e. The zero-order valence-electron chi connectivity index (χ0n) is 15.5. The van der Waals surface area contributed by atoms with Gasteiger partial charge >= 0.3 is 0 Å². The van der Waals surface area contributed by atoms with Crippen LogP contribution in [0.2, 0.25) is 0 Å². The van der Waals surface area contributed by atoms with Gasteiger partial charge in [0, 0.05) is 26.3 Å². The Balaban J connectivity index is 0.00000243. The van der Waals surface area contributed by atoms with Gasteiger partial charge in [-0.3, -0.25) is 9.98 Å². The van der Waals surface area contributed by atoms with Gasteiger partial charge in [-0.2, -0.15) is 0 Å². The van der Waals surface area contributed by atoms with Crippen molar-refractivity contribution in [2.45, 2.75) is 26.3 Å². The maximum Gasteiger partial charge on any atom is 0.193 e. The third kappa shape index (κ3) is 5.56. The molecule has 1 fully saturated rings. The van der Waals surface area contributed by atoms with Crippen LogP contribution in [0.15, 0.2) is 59.2 Å². The Hall–Kier alpha value is -1.89. The number of benzene rings is 1. The van der Waals surface area contributed by atoms with E-state index in [-0.39, 0.29) is 24.0 Å². The summed E-state index contributed by atoms with van der Waals surface area (Å²) in [5.41, 5.74) is 5.08.